The van der Waals surface area contributed by atoms with E-state index in [2.05, 4.69) is 6.07 Å². The number of nitrogen functional groups attached to an aromatic ring is 1. The molecule has 0 atom stereocenters. The summed E-state index contributed by atoms with van der Waals surface area (Å²) < 4.78 is 10.8. The van der Waals surface area contributed by atoms with Gasteiger partial charge < -0.3 is 15.2 Å². The quantitative estimate of drug-likeness (QED) is 0.865. The van der Waals surface area contributed by atoms with Gasteiger partial charge in [-0.1, -0.05) is 6.07 Å². The van der Waals surface area contributed by atoms with Gasteiger partial charge in [-0.15, -0.1) is 0 Å². The maximum Gasteiger partial charge on any atom is 0.142 e. The highest BCUT2D eigenvalue weighted by molar-refractivity contribution is 5.56. The fourth-order valence-corrected chi connectivity index (χ4v) is 1.89. The van der Waals surface area contributed by atoms with Crippen molar-refractivity contribution < 1.29 is 9.47 Å². The van der Waals surface area contributed by atoms with Crippen molar-refractivity contribution in [3.63, 3.8) is 0 Å². The SMILES string of the molecule is COc1ccc(OCc2ccc(C#N)cc2C)cc1N. The van der Waals surface area contributed by atoms with E-state index in [9.17, 15) is 0 Å². The Kier molecular flexibility index (Phi) is 4.11. The Bertz CT molecular complexity index is 660. The summed E-state index contributed by atoms with van der Waals surface area (Å²) >= 11 is 0. The lowest BCUT2D eigenvalue weighted by molar-refractivity contribution is 0.305. The molecular weight excluding hydrogens is 252 g/mol. The predicted octanol–water partition coefficient (Wildman–Crippen LogP) is 3.04. The highest BCUT2D eigenvalue weighted by Gasteiger charge is 2.04. The number of anilines is 1. The van der Waals surface area contributed by atoms with Crippen molar-refractivity contribution in [3.05, 3.63) is 53.1 Å². The summed E-state index contributed by atoms with van der Waals surface area (Å²) in [5.41, 5.74) is 9.10. The number of hydrogen-bond acceptors (Lipinski definition) is 4. The number of nitriles is 1. The van der Waals surface area contributed by atoms with Gasteiger partial charge in [-0.2, -0.15) is 5.26 Å². The first kappa shape index (κ1) is 13.8. The maximum absolute atomic E-state index is 8.83. The zero-order valence-corrected chi connectivity index (χ0v) is 11.5. The van der Waals surface area contributed by atoms with Crippen LogP contribution < -0.4 is 15.2 Å². The summed E-state index contributed by atoms with van der Waals surface area (Å²) in [4.78, 5) is 0. The molecule has 0 saturated carbocycles. The molecule has 0 aliphatic heterocycles. The van der Waals surface area contributed by atoms with Gasteiger partial charge in [-0.05, 0) is 42.3 Å². The van der Waals surface area contributed by atoms with Gasteiger partial charge in [0.05, 0.1) is 24.4 Å². The summed E-state index contributed by atoms with van der Waals surface area (Å²) in [6.07, 6.45) is 0. The Balaban J connectivity index is 2.09. The van der Waals surface area contributed by atoms with Gasteiger partial charge in [0.2, 0.25) is 0 Å². The van der Waals surface area contributed by atoms with E-state index in [0.29, 0.717) is 29.4 Å². The standard InChI is InChI=1S/C16H16N2O2/c1-11-7-12(9-17)3-4-13(11)10-20-14-5-6-16(19-2)15(18)8-14/h3-8H,10,18H2,1-2H3. The first-order valence-corrected chi connectivity index (χ1v) is 6.20. The van der Waals surface area contributed by atoms with E-state index in [4.69, 9.17) is 20.5 Å². The van der Waals surface area contributed by atoms with Crippen LogP contribution in [-0.4, -0.2) is 7.11 Å². The average Bonchev–Trinajstić information content (AvgIpc) is 2.46. The van der Waals surface area contributed by atoms with Crippen molar-refractivity contribution in [2.24, 2.45) is 0 Å². The van der Waals surface area contributed by atoms with Gasteiger partial charge in [0.15, 0.2) is 0 Å². The molecule has 2 aromatic carbocycles. The van der Waals surface area contributed by atoms with E-state index in [1.54, 1.807) is 25.3 Å². The zero-order valence-electron chi connectivity index (χ0n) is 11.5. The molecule has 0 aromatic heterocycles. The smallest absolute Gasteiger partial charge is 0.142 e. The number of aryl methyl sites for hydroxylation is 1. The van der Waals surface area contributed by atoms with E-state index in [0.717, 1.165) is 11.1 Å². The summed E-state index contributed by atoms with van der Waals surface area (Å²) in [5.74, 6) is 1.32. The Hall–Kier alpha value is -2.67. The number of benzene rings is 2. The van der Waals surface area contributed by atoms with Crippen LogP contribution in [0.15, 0.2) is 36.4 Å². The van der Waals surface area contributed by atoms with Crippen LogP contribution in [0, 0.1) is 18.3 Å². The first-order chi connectivity index (χ1) is 9.63. The monoisotopic (exact) mass is 268 g/mol. The summed E-state index contributed by atoms with van der Waals surface area (Å²) in [7, 11) is 1.58. The number of nitrogens with zero attached hydrogens (tertiary/aromatic N) is 1. The Morgan fingerprint density at radius 3 is 2.60 bits per heavy atom. The minimum absolute atomic E-state index is 0.434. The van der Waals surface area contributed by atoms with Crippen LogP contribution in [0.5, 0.6) is 11.5 Å². The molecule has 0 radical (unpaired) electrons. The fourth-order valence-electron chi connectivity index (χ4n) is 1.89. The number of nitrogens with two attached hydrogens (primary N) is 1. The Morgan fingerprint density at radius 2 is 2.00 bits per heavy atom. The third-order valence-corrected chi connectivity index (χ3v) is 3.07. The fraction of sp³-hybridized carbons (Fsp3) is 0.188. The lowest BCUT2D eigenvalue weighted by Crippen LogP contribution is -1.99. The average molecular weight is 268 g/mol. The van der Waals surface area contributed by atoms with E-state index in [1.807, 2.05) is 25.1 Å². The second-order valence-electron chi connectivity index (χ2n) is 4.45. The minimum Gasteiger partial charge on any atom is -0.495 e. The predicted molar refractivity (Wildman–Crippen MR) is 77.6 cm³/mol. The lowest BCUT2D eigenvalue weighted by Gasteiger charge is -2.11. The second-order valence-corrected chi connectivity index (χ2v) is 4.45. The van der Waals surface area contributed by atoms with Gasteiger partial charge in [0.1, 0.15) is 18.1 Å². The van der Waals surface area contributed by atoms with Crippen LogP contribution in [0.1, 0.15) is 16.7 Å². The molecule has 20 heavy (non-hydrogen) atoms. The van der Waals surface area contributed by atoms with Crippen molar-refractivity contribution in [2.45, 2.75) is 13.5 Å². The summed E-state index contributed by atoms with van der Waals surface area (Å²) in [5, 5.41) is 8.83. The molecule has 0 spiro atoms. The van der Waals surface area contributed by atoms with Crippen molar-refractivity contribution >= 4 is 5.69 Å². The van der Waals surface area contributed by atoms with Crippen LogP contribution in [-0.2, 0) is 6.61 Å². The van der Waals surface area contributed by atoms with E-state index >= 15 is 0 Å². The van der Waals surface area contributed by atoms with Gasteiger partial charge in [-0.3, -0.25) is 0 Å². The molecule has 0 aliphatic carbocycles. The second kappa shape index (κ2) is 5.98. The number of methoxy groups -OCH3 is 1. The highest BCUT2D eigenvalue weighted by atomic mass is 16.5. The van der Waals surface area contributed by atoms with E-state index < -0.39 is 0 Å². The Labute approximate surface area is 118 Å². The van der Waals surface area contributed by atoms with Crippen LogP contribution in [0.2, 0.25) is 0 Å². The van der Waals surface area contributed by atoms with Gasteiger partial charge in [0, 0.05) is 6.07 Å². The molecule has 4 heteroatoms. The van der Waals surface area contributed by atoms with Gasteiger partial charge in [-0.25, -0.2) is 0 Å². The molecule has 2 N–H and O–H groups in total. The topological polar surface area (TPSA) is 68.3 Å². The molecule has 2 aromatic rings. The molecular formula is C16H16N2O2. The first-order valence-electron chi connectivity index (χ1n) is 6.20. The van der Waals surface area contributed by atoms with E-state index in [-0.39, 0.29) is 0 Å². The number of rotatable bonds is 4. The van der Waals surface area contributed by atoms with E-state index in [1.165, 1.54) is 0 Å². The molecule has 4 nitrogen and oxygen atoms in total. The van der Waals surface area contributed by atoms with Gasteiger partial charge >= 0.3 is 0 Å². The van der Waals surface area contributed by atoms with Crippen molar-refractivity contribution in [2.75, 3.05) is 12.8 Å². The van der Waals surface area contributed by atoms with Crippen LogP contribution in [0.4, 0.5) is 5.69 Å². The molecule has 0 unspecified atom stereocenters. The van der Waals surface area contributed by atoms with Crippen molar-refractivity contribution in [1.82, 2.24) is 0 Å². The zero-order chi connectivity index (χ0) is 14.5. The molecule has 102 valence electrons. The Morgan fingerprint density at radius 1 is 1.20 bits per heavy atom. The molecule has 2 rings (SSSR count). The molecule has 0 fully saturated rings. The molecule has 0 bridgehead atoms. The maximum atomic E-state index is 8.83. The third-order valence-electron chi connectivity index (χ3n) is 3.07. The molecule has 0 aliphatic rings. The third kappa shape index (κ3) is 3.01. The minimum atomic E-state index is 0.434. The van der Waals surface area contributed by atoms with Crippen LogP contribution >= 0.6 is 0 Å². The molecule has 0 saturated heterocycles. The van der Waals surface area contributed by atoms with Crippen LogP contribution in [0.25, 0.3) is 0 Å². The largest absolute Gasteiger partial charge is 0.495 e. The van der Waals surface area contributed by atoms with Gasteiger partial charge in [0.25, 0.3) is 0 Å². The highest BCUT2D eigenvalue weighted by Crippen LogP contribution is 2.26. The van der Waals surface area contributed by atoms with Crippen molar-refractivity contribution in [1.29, 1.82) is 5.26 Å². The van der Waals surface area contributed by atoms with Crippen LogP contribution in [0.3, 0.4) is 0 Å². The molecule has 0 amide bonds. The van der Waals surface area contributed by atoms with Crippen molar-refractivity contribution in [3.8, 4) is 17.6 Å². The lowest BCUT2D eigenvalue weighted by atomic mass is 10.1. The summed E-state index contributed by atoms with van der Waals surface area (Å²) in [6.45, 7) is 2.39. The number of hydrogen-bond donors (Lipinski definition) is 1. The summed E-state index contributed by atoms with van der Waals surface area (Å²) in [6, 6.07) is 13.0. The molecule has 0 heterocycles. The number of ether oxygens (including phenoxy) is 2. The normalized spacial score (nSPS) is 9.85.